The van der Waals surface area contributed by atoms with Crippen LogP contribution in [0.5, 0.6) is 0 Å². The van der Waals surface area contributed by atoms with Crippen molar-refractivity contribution in [3.8, 4) is 0 Å². The van der Waals surface area contributed by atoms with Gasteiger partial charge in [0.15, 0.2) is 0 Å². The van der Waals surface area contributed by atoms with Crippen LogP contribution in [0.2, 0.25) is 0 Å². The number of pyridine rings is 1. The molecule has 7 heteroatoms. The van der Waals surface area contributed by atoms with Crippen LogP contribution in [0.3, 0.4) is 0 Å². The highest BCUT2D eigenvalue weighted by atomic mass is 32.2. The lowest BCUT2D eigenvalue weighted by Crippen LogP contribution is -2.41. The van der Waals surface area contributed by atoms with Gasteiger partial charge >= 0.3 is 7.12 Å². The van der Waals surface area contributed by atoms with Crippen LogP contribution in [-0.2, 0) is 25.9 Å². The van der Waals surface area contributed by atoms with Gasteiger partial charge in [0.2, 0.25) is 0 Å². The lowest BCUT2D eigenvalue weighted by molar-refractivity contribution is 0.00578. The normalized spacial score (nSPS) is 22.0. The molecule has 0 bridgehead atoms. The zero-order valence-corrected chi connectivity index (χ0v) is 13.2. The molecule has 1 atom stereocenters. The van der Waals surface area contributed by atoms with Gasteiger partial charge in [-0.05, 0) is 33.8 Å². The summed E-state index contributed by atoms with van der Waals surface area (Å²) in [7, 11) is -1.76. The quantitative estimate of drug-likeness (QED) is 0.792. The summed E-state index contributed by atoms with van der Waals surface area (Å²) in [6, 6.07) is 1.34. The van der Waals surface area contributed by atoms with E-state index in [9.17, 15) is 8.60 Å². The molecule has 0 aromatic carbocycles. The summed E-state index contributed by atoms with van der Waals surface area (Å²) in [5, 5.41) is 0. The third-order valence-corrected chi connectivity index (χ3v) is 4.50. The fourth-order valence-corrected chi connectivity index (χ4v) is 2.60. The largest absolute Gasteiger partial charge is 0.496 e. The first-order valence-electron chi connectivity index (χ1n) is 6.42. The molecule has 1 aromatic rings. The lowest BCUT2D eigenvalue weighted by atomic mass is 9.78. The smallest absolute Gasteiger partial charge is 0.399 e. The van der Waals surface area contributed by atoms with Crippen molar-refractivity contribution in [2.45, 2.75) is 44.6 Å². The molecule has 4 nitrogen and oxygen atoms in total. The molecule has 1 fully saturated rings. The molecule has 0 radical (unpaired) electrons. The minimum absolute atomic E-state index is 0.250. The highest BCUT2D eigenvalue weighted by Gasteiger charge is 2.52. The first-order valence-corrected chi connectivity index (χ1v) is 8.15. The van der Waals surface area contributed by atoms with E-state index in [1.165, 1.54) is 6.07 Å². The van der Waals surface area contributed by atoms with E-state index in [1.807, 2.05) is 27.7 Å². The molecule has 1 aliphatic heterocycles. The molecule has 1 saturated heterocycles. The van der Waals surface area contributed by atoms with Crippen LogP contribution in [0.1, 0.15) is 33.4 Å². The van der Waals surface area contributed by atoms with Gasteiger partial charge in [0.05, 0.1) is 28.8 Å². The summed E-state index contributed by atoms with van der Waals surface area (Å²) < 4.78 is 36.7. The Kier molecular flexibility index (Phi) is 4.06. The Balaban J connectivity index is 2.38. The molecule has 2 rings (SSSR count). The number of hydrogen-bond donors (Lipinski definition) is 0. The van der Waals surface area contributed by atoms with Crippen molar-refractivity contribution in [3.05, 3.63) is 23.8 Å². The molecule has 0 N–H and O–H groups in total. The fraction of sp³-hybridized carbons (Fsp3) is 0.615. The van der Waals surface area contributed by atoms with E-state index in [0.29, 0.717) is 11.2 Å². The second-order valence-corrected chi connectivity index (χ2v) is 7.43. The third kappa shape index (κ3) is 2.94. The molecule has 1 aromatic heterocycles. The molecule has 0 spiro atoms. The lowest BCUT2D eigenvalue weighted by Gasteiger charge is -2.32. The Bertz CT molecular complexity index is 534. The van der Waals surface area contributed by atoms with E-state index in [-0.39, 0.29) is 5.75 Å². The maximum Gasteiger partial charge on any atom is 0.496 e. The highest BCUT2D eigenvalue weighted by Crippen LogP contribution is 2.36. The molecule has 0 aliphatic carbocycles. The van der Waals surface area contributed by atoms with Gasteiger partial charge < -0.3 is 9.31 Å². The van der Waals surface area contributed by atoms with E-state index in [0.717, 1.165) is 6.20 Å². The summed E-state index contributed by atoms with van der Waals surface area (Å²) in [5.74, 6) is -0.208. The number of hydrogen-bond acceptors (Lipinski definition) is 4. The summed E-state index contributed by atoms with van der Waals surface area (Å²) in [6.45, 7) is 7.71. The molecule has 2 heterocycles. The third-order valence-electron chi connectivity index (χ3n) is 3.82. The van der Waals surface area contributed by atoms with E-state index in [2.05, 4.69) is 4.98 Å². The van der Waals surface area contributed by atoms with Crippen LogP contribution >= 0.6 is 0 Å². The first-order chi connectivity index (χ1) is 9.12. The predicted molar refractivity (Wildman–Crippen MR) is 77.7 cm³/mol. The van der Waals surface area contributed by atoms with Gasteiger partial charge in [0.25, 0.3) is 0 Å². The topological polar surface area (TPSA) is 48.4 Å². The molecule has 0 saturated carbocycles. The average molecular weight is 299 g/mol. The maximum absolute atomic E-state index is 13.5. The predicted octanol–water partition coefficient (Wildman–Crippen LogP) is 1.40. The summed E-state index contributed by atoms with van der Waals surface area (Å²) in [6.07, 6.45) is 2.70. The van der Waals surface area contributed by atoms with Crippen molar-refractivity contribution in [1.82, 2.24) is 4.98 Å². The van der Waals surface area contributed by atoms with E-state index < -0.39 is 34.9 Å². The van der Waals surface area contributed by atoms with Crippen molar-refractivity contribution in [2.75, 3.05) is 6.26 Å². The van der Waals surface area contributed by atoms with Crippen LogP contribution in [0.25, 0.3) is 0 Å². The second-order valence-electron chi connectivity index (χ2n) is 6.00. The molecular weight excluding hydrogens is 280 g/mol. The SMILES string of the molecule is CS(=O)Cc1ncc(F)cc1B1OC(C)(C)C(C)(C)O1. The number of rotatable bonds is 3. The van der Waals surface area contributed by atoms with E-state index >= 15 is 0 Å². The van der Waals surface area contributed by atoms with Gasteiger partial charge in [0.1, 0.15) is 5.82 Å². The van der Waals surface area contributed by atoms with Gasteiger partial charge in [-0.3, -0.25) is 9.19 Å². The fourth-order valence-electron chi connectivity index (χ4n) is 1.97. The molecular formula is C13H19BFNO3S. The maximum atomic E-state index is 13.5. The summed E-state index contributed by atoms with van der Waals surface area (Å²) >= 11 is 0. The molecule has 110 valence electrons. The summed E-state index contributed by atoms with van der Waals surface area (Å²) in [4.78, 5) is 4.03. The Morgan fingerprint density at radius 2 is 1.85 bits per heavy atom. The Labute approximate surface area is 121 Å². The van der Waals surface area contributed by atoms with Crippen molar-refractivity contribution < 1.29 is 17.9 Å². The van der Waals surface area contributed by atoms with Crippen LogP contribution in [0.15, 0.2) is 12.3 Å². The van der Waals surface area contributed by atoms with Crippen molar-refractivity contribution in [1.29, 1.82) is 0 Å². The van der Waals surface area contributed by atoms with Crippen LogP contribution in [-0.4, -0.2) is 33.8 Å². The molecule has 1 aliphatic rings. The zero-order valence-electron chi connectivity index (χ0n) is 12.4. The standard InChI is InChI=1S/C13H19BFNO3S/c1-12(2)13(3,4)19-14(18-12)10-6-9(15)7-16-11(10)8-20(5)17/h6-7H,8H2,1-5H3. The molecule has 0 amide bonds. The summed E-state index contributed by atoms with van der Waals surface area (Å²) in [5.41, 5.74) is 0.0452. The molecule has 1 unspecified atom stereocenters. The van der Waals surface area contributed by atoms with Crippen molar-refractivity contribution in [3.63, 3.8) is 0 Å². The van der Waals surface area contributed by atoms with Gasteiger partial charge in [0, 0.05) is 22.5 Å². The zero-order chi connectivity index (χ0) is 15.1. The van der Waals surface area contributed by atoms with Crippen molar-refractivity contribution in [2.24, 2.45) is 0 Å². The number of halogens is 1. The minimum atomic E-state index is -1.07. The van der Waals surface area contributed by atoms with Crippen molar-refractivity contribution >= 4 is 23.4 Å². The number of nitrogens with zero attached hydrogens (tertiary/aromatic N) is 1. The molecule has 20 heavy (non-hydrogen) atoms. The van der Waals surface area contributed by atoms with Crippen LogP contribution < -0.4 is 5.46 Å². The monoisotopic (exact) mass is 299 g/mol. The van der Waals surface area contributed by atoms with Gasteiger partial charge in [-0.2, -0.15) is 0 Å². The Hall–Kier alpha value is -0.785. The first kappa shape index (κ1) is 15.6. The Morgan fingerprint density at radius 1 is 1.30 bits per heavy atom. The van der Waals surface area contributed by atoms with Gasteiger partial charge in [-0.1, -0.05) is 0 Å². The minimum Gasteiger partial charge on any atom is -0.399 e. The van der Waals surface area contributed by atoms with Gasteiger partial charge in [-0.25, -0.2) is 4.39 Å². The number of aromatic nitrogens is 1. The second kappa shape index (κ2) is 5.20. The van der Waals surface area contributed by atoms with E-state index in [1.54, 1.807) is 6.26 Å². The average Bonchev–Trinajstić information content (AvgIpc) is 2.50. The van der Waals surface area contributed by atoms with E-state index in [4.69, 9.17) is 9.31 Å². The highest BCUT2D eigenvalue weighted by molar-refractivity contribution is 7.83. The Morgan fingerprint density at radius 3 is 2.35 bits per heavy atom. The van der Waals surface area contributed by atoms with Crippen LogP contribution in [0, 0.1) is 5.82 Å². The van der Waals surface area contributed by atoms with Gasteiger partial charge in [-0.15, -0.1) is 0 Å². The van der Waals surface area contributed by atoms with Crippen LogP contribution in [0.4, 0.5) is 4.39 Å².